The predicted molar refractivity (Wildman–Crippen MR) is 78.4 cm³/mol. The van der Waals surface area contributed by atoms with E-state index in [0.29, 0.717) is 0 Å². The van der Waals surface area contributed by atoms with Gasteiger partial charge in [0.15, 0.2) is 0 Å². The molecule has 1 N–H and O–H groups in total. The monoisotopic (exact) mass is 276 g/mol. The summed E-state index contributed by atoms with van der Waals surface area (Å²) in [6.45, 7) is 9.28. The Hall–Kier alpha value is -1.26. The van der Waals surface area contributed by atoms with E-state index in [1.807, 2.05) is 25.3 Å². The molecule has 0 atom stereocenters. The van der Waals surface area contributed by atoms with Crippen molar-refractivity contribution in [1.82, 2.24) is 10.3 Å². The lowest BCUT2D eigenvalue weighted by Gasteiger charge is -2.21. The number of nitrogens with zero attached hydrogens (tertiary/aromatic N) is 1. The Morgan fingerprint density at radius 3 is 2.74 bits per heavy atom. The van der Waals surface area contributed by atoms with Gasteiger partial charge >= 0.3 is 0 Å². The molecule has 2 aromatic rings. The van der Waals surface area contributed by atoms with Crippen molar-refractivity contribution < 1.29 is 4.42 Å². The van der Waals surface area contributed by atoms with Crippen molar-refractivity contribution in [3.8, 4) is 0 Å². The lowest BCUT2D eigenvalue weighted by Crippen LogP contribution is -2.35. The van der Waals surface area contributed by atoms with Crippen LogP contribution in [0.3, 0.4) is 0 Å². The minimum Gasteiger partial charge on any atom is -0.468 e. The maximum atomic E-state index is 5.33. The van der Waals surface area contributed by atoms with Crippen molar-refractivity contribution in [1.29, 1.82) is 0 Å². The molecule has 102 valence electrons. The minimum atomic E-state index is 0.101. The van der Waals surface area contributed by atoms with Crippen molar-refractivity contribution in [3.63, 3.8) is 0 Å². The number of nitrogens with one attached hydrogen (secondary N) is 1. The number of aryl methyl sites for hydroxylation is 1. The van der Waals surface area contributed by atoms with Crippen LogP contribution >= 0.6 is 11.8 Å². The van der Waals surface area contributed by atoms with Gasteiger partial charge in [0, 0.05) is 18.3 Å². The smallest absolute Gasteiger partial charge is 0.114 e. The summed E-state index contributed by atoms with van der Waals surface area (Å²) >= 11 is 1.65. The van der Waals surface area contributed by atoms with Crippen LogP contribution in [-0.4, -0.2) is 10.5 Å². The molecule has 0 unspecified atom stereocenters. The van der Waals surface area contributed by atoms with E-state index in [9.17, 15) is 0 Å². The third-order valence-corrected chi connectivity index (χ3v) is 3.88. The van der Waals surface area contributed by atoms with Gasteiger partial charge in [-0.15, -0.1) is 0 Å². The molecule has 0 aliphatic rings. The normalized spacial score (nSPS) is 11.8. The standard InChI is InChI=1S/C15H20N2OS/c1-11-13(7-9-18-11)19-14-12(6-5-8-16-14)10-17-15(2,3)4/h5-9,17H,10H2,1-4H3. The molecule has 0 amide bonds. The molecular formula is C15H20N2OS. The summed E-state index contributed by atoms with van der Waals surface area (Å²) in [6, 6.07) is 6.07. The third kappa shape index (κ3) is 4.11. The lowest BCUT2D eigenvalue weighted by molar-refractivity contribution is 0.422. The lowest BCUT2D eigenvalue weighted by atomic mass is 10.1. The zero-order valence-electron chi connectivity index (χ0n) is 11.9. The van der Waals surface area contributed by atoms with Gasteiger partial charge in [0.2, 0.25) is 0 Å². The van der Waals surface area contributed by atoms with E-state index in [1.165, 1.54) is 5.56 Å². The van der Waals surface area contributed by atoms with Crippen molar-refractivity contribution in [2.45, 2.75) is 49.7 Å². The van der Waals surface area contributed by atoms with Gasteiger partial charge in [0.05, 0.1) is 11.2 Å². The maximum Gasteiger partial charge on any atom is 0.114 e. The van der Waals surface area contributed by atoms with Gasteiger partial charge in [-0.2, -0.15) is 0 Å². The molecular weight excluding hydrogens is 256 g/mol. The van der Waals surface area contributed by atoms with Gasteiger partial charge < -0.3 is 9.73 Å². The summed E-state index contributed by atoms with van der Waals surface area (Å²) < 4.78 is 5.33. The molecule has 2 rings (SSSR count). The first-order valence-electron chi connectivity index (χ1n) is 6.36. The fourth-order valence-corrected chi connectivity index (χ4v) is 2.50. The molecule has 0 saturated carbocycles. The van der Waals surface area contributed by atoms with Crippen LogP contribution < -0.4 is 5.32 Å². The van der Waals surface area contributed by atoms with Crippen molar-refractivity contribution in [2.75, 3.05) is 0 Å². The average Bonchev–Trinajstić information content (AvgIpc) is 2.73. The topological polar surface area (TPSA) is 38.1 Å². The van der Waals surface area contributed by atoms with E-state index in [4.69, 9.17) is 4.42 Å². The largest absolute Gasteiger partial charge is 0.468 e. The Morgan fingerprint density at radius 2 is 2.11 bits per heavy atom. The molecule has 0 radical (unpaired) electrons. The summed E-state index contributed by atoms with van der Waals surface area (Å²) in [5, 5.41) is 4.53. The van der Waals surface area contributed by atoms with Crippen LogP contribution in [0.2, 0.25) is 0 Å². The van der Waals surface area contributed by atoms with Crippen LogP contribution in [-0.2, 0) is 6.54 Å². The van der Waals surface area contributed by atoms with Gasteiger partial charge in [-0.3, -0.25) is 0 Å². The molecule has 0 bridgehead atoms. The average molecular weight is 276 g/mol. The number of furan rings is 1. The third-order valence-electron chi connectivity index (χ3n) is 2.68. The Morgan fingerprint density at radius 1 is 1.32 bits per heavy atom. The first-order valence-corrected chi connectivity index (χ1v) is 7.18. The Kier molecular flexibility index (Phi) is 4.32. The fraction of sp³-hybridized carbons (Fsp3) is 0.400. The molecule has 19 heavy (non-hydrogen) atoms. The summed E-state index contributed by atoms with van der Waals surface area (Å²) in [5.74, 6) is 0.936. The molecule has 2 heterocycles. The zero-order valence-corrected chi connectivity index (χ0v) is 12.7. The van der Waals surface area contributed by atoms with Crippen LogP contribution in [0.25, 0.3) is 0 Å². The van der Waals surface area contributed by atoms with E-state index in [1.54, 1.807) is 18.0 Å². The Labute approximate surface area is 118 Å². The van der Waals surface area contributed by atoms with Crippen molar-refractivity contribution >= 4 is 11.8 Å². The van der Waals surface area contributed by atoms with E-state index in [-0.39, 0.29) is 5.54 Å². The highest BCUT2D eigenvalue weighted by Gasteiger charge is 2.12. The highest BCUT2D eigenvalue weighted by Crippen LogP contribution is 2.31. The molecule has 0 aliphatic carbocycles. The van der Waals surface area contributed by atoms with Crippen LogP contribution in [0, 0.1) is 6.92 Å². The summed E-state index contributed by atoms with van der Waals surface area (Å²) in [7, 11) is 0. The van der Waals surface area contributed by atoms with E-state index in [2.05, 4.69) is 37.1 Å². The quantitative estimate of drug-likeness (QED) is 0.915. The second-order valence-corrected chi connectivity index (χ2v) is 6.54. The van der Waals surface area contributed by atoms with Crippen LogP contribution in [0.15, 0.2) is 45.0 Å². The number of hydrogen-bond donors (Lipinski definition) is 1. The SMILES string of the molecule is Cc1occc1Sc1ncccc1CNC(C)(C)C. The van der Waals surface area contributed by atoms with E-state index in [0.717, 1.165) is 22.2 Å². The van der Waals surface area contributed by atoms with E-state index >= 15 is 0 Å². The van der Waals surface area contributed by atoms with E-state index < -0.39 is 0 Å². The van der Waals surface area contributed by atoms with Gasteiger partial charge in [0.25, 0.3) is 0 Å². The molecule has 0 aromatic carbocycles. The highest BCUT2D eigenvalue weighted by atomic mass is 32.2. The number of rotatable bonds is 4. The van der Waals surface area contributed by atoms with Gasteiger partial charge in [0.1, 0.15) is 10.8 Å². The minimum absolute atomic E-state index is 0.101. The second kappa shape index (κ2) is 5.80. The second-order valence-electron chi connectivity index (χ2n) is 5.51. The first kappa shape index (κ1) is 14.2. The molecule has 4 heteroatoms. The van der Waals surface area contributed by atoms with Crippen LogP contribution in [0.5, 0.6) is 0 Å². The number of pyridine rings is 1. The van der Waals surface area contributed by atoms with Crippen molar-refractivity contribution in [2.24, 2.45) is 0 Å². The number of hydrogen-bond acceptors (Lipinski definition) is 4. The molecule has 3 nitrogen and oxygen atoms in total. The highest BCUT2D eigenvalue weighted by molar-refractivity contribution is 7.99. The Balaban J connectivity index is 2.15. The summed E-state index contributed by atoms with van der Waals surface area (Å²) in [4.78, 5) is 5.60. The van der Waals surface area contributed by atoms with Gasteiger partial charge in [-0.05, 0) is 45.4 Å². The molecule has 0 aliphatic heterocycles. The molecule has 0 fully saturated rings. The first-order chi connectivity index (χ1) is 8.96. The maximum absolute atomic E-state index is 5.33. The van der Waals surface area contributed by atoms with Crippen molar-refractivity contribution in [3.05, 3.63) is 42.0 Å². The summed E-state index contributed by atoms with van der Waals surface area (Å²) in [6.07, 6.45) is 3.55. The van der Waals surface area contributed by atoms with Crippen LogP contribution in [0.1, 0.15) is 32.1 Å². The zero-order chi connectivity index (χ0) is 13.9. The van der Waals surface area contributed by atoms with Crippen LogP contribution in [0.4, 0.5) is 0 Å². The number of aromatic nitrogens is 1. The molecule has 0 spiro atoms. The summed E-state index contributed by atoms with van der Waals surface area (Å²) in [5.41, 5.74) is 1.31. The van der Waals surface area contributed by atoms with Gasteiger partial charge in [-0.1, -0.05) is 17.8 Å². The Bertz CT molecular complexity index is 543. The molecule has 2 aromatic heterocycles. The predicted octanol–water partition coefficient (Wildman–Crippen LogP) is 4.02. The fourth-order valence-electron chi connectivity index (χ4n) is 1.59. The van der Waals surface area contributed by atoms with Gasteiger partial charge in [-0.25, -0.2) is 4.98 Å². The molecule has 0 saturated heterocycles.